The third-order valence-corrected chi connectivity index (χ3v) is 5.04. The molecule has 2 aliphatic heterocycles. The molecule has 2 heterocycles. The second-order valence-corrected chi connectivity index (χ2v) is 5.97. The third-order valence-electron chi connectivity index (χ3n) is 5.04. The van der Waals surface area contributed by atoms with E-state index in [-0.39, 0.29) is 0 Å². The van der Waals surface area contributed by atoms with E-state index in [0.717, 1.165) is 12.1 Å². The van der Waals surface area contributed by atoms with Crippen molar-refractivity contribution in [1.29, 1.82) is 0 Å². The molecule has 98 valence electrons. The first kappa shape index (κ1) is 11.9. The van der Waals surface area contributed by atoms with Crippen LogP contribution in [0.5, 0.6) is 0 Å². The molecular weight excluding hydrogens is 212 g/mol. The molecule has 3 fully saturated rings. The van der Waals surface area contributed by atoms with Gasteiger partial charge in [-0.3, -0.25) is 4.90 Å². The van der Waals surface area contributed by atoms with Crippen molar-refractivity contribution in [2.45, 2.75) is 69.2 Å². The van der Waals surface area contributed by atoms with Crippen LogP contribution in [0.4, 0.5) is 0 Å². The first-order chi connectivity index (χ1) is 8.38. The van der Waals surface area contributed by atoms with E-state index in [2.05, 4.69) is 10.2 Å². The summed E-state index contributed by atoms with van der Waals surface area (Å²) < 4.78 is 5.65. The quantitative estimate of drug-likeness (QED) is 0.811. The summed E-state index contributed by atoms with van der Waals surface area (Å²) in [5.41, 5.74) is 0. The van der Waals surface area contributed by atoms with Crippen LogP contribution in [0.2, 0.25) is 0 Å². The Kier molecular flexibility index (Phi) is 3.69. The van der Waals surface area contributed by atoms with Crippen LogP contribution in [0.1, 0.15) is 44.9 Å². The van der Waals surface area contributed by atoms with Gasteiger partial charge in [0.1, 0.15) is 0 Å². The monoisotopic (exact) mass is 238 g/mol. The van der Waals surface area contributed by atoms with Gasteiger partial charge in [0.2, 0.25) is 0 Å². The van der Waals surface area contributed by atoms with Crippen molar-refractivity contribution in [2.24, 2.45) is 0 Å². The van der Waals surface area contributed by atoms with Crippen molar-refractivity contribution in [3.63, 3.8) is 0 Å². The molecule has 0 spiro atoms. The SMILES string of the molecule is COC1CCCCC1NC1CCN2CCCC12. The summed E-state index contributed by atoms with van der Waals surface area (Å²) in [6.45, 7) is 2.65. The molecule has 1 saturated carbocycles. The second-order valence-electron chi connectivity index (χ2n) is 5.97. The topological polar surface area (TPSA) is 24.5 Å². The maximum Gasteiger partial charge on any atom is 0.0724 e. The van der Waals surface area contributed by atoms with Crippen LogP contribution in [0.15, 0.2) is 0 Å². The zero-order valence-electron chi connectivity index (χ0n) is 11.0. The standard InChI is InChI=1S/C14H26N2O/c1-17-14-7-3-2-5-12(14)15-11-8-10-16-9-4-6-13(11)16/h11-15H,2-10H2,1H3. The Labute approximate surface area is 105 Å². The highest BCUT2D eigenvalue weighted by atomic mass is 16.5. The summed E-state index contributed by atoms with van der Waals surface area (Å²) >= 11 is 0. The van der Waals surface area contributed by atoms with Crippen molar-refractivity contribution in [3.8, 4) is 0 Å². The molecule has 3 nitrogen and oxygen atoms in total. The van der Waals surface area contributed by atoms with Crippen molar-refractivity contribution in [2.75, 3.05) is 20.2 Å². The molecule has 0 radical (unpaired) electrons. The van der Waals surface area contributed by atoms with Gasteiger partial charge in [-0.25, -0.2) is 0 Å². The Morgan fingerprint density at radius 2 is 1.82 bits per heavy atom. The highest BCUT2D eigenvalue weighted by Crippen LogP contribution is 2.30. The van der Waals surface area contributed by atoms with Crippen LogP contribution >= 0.6 is 0 Å². The zero-order valence-corrected chi connectivity index (χ0v) is 11.0. The minimum absolute atomic E-state index is 0.458. The van der Waals surface area contributed by atoms with Crippen molar-refractivity contribution >= 4 is 0 Å². The number of rotatable bonds is 3. The third kappa shape index (κ3) is 2.38. The summed E-state index contributed by atoms with van der Waals surface area (Å²) in [5.74, 6) is 0. The Bertz CT molecular complexity index is 257. The molecule has 0 aromatic carbocycles. The van der Waals surface area contributed by atoms with Crippen LogP contribution < -0.4 is 5.32 Å². The number of fused-ring (bicyclic) bond motifs is 1. The van der Waals surface area contributed by atoms with E-state index in [1.54, 1.807) is 0 Å². The van der Waals surface area contributed by atoms with Gasteiger partial charge < -0.3 is 10.1 Å². The predicted molar refractivity (Wildman–Crippen MR) is 69.2 cm³/mol. The minimum atomic E-state index is 0.458. The maximum absolute atomic E-state index is 5.65. The fourth-order valence-electron chi connectivity index (χ4n) is 4.12. The Hall–Kier alpha value is -0.120. The number of hydrogen-bond donors (Lipinski definition) is 1. The van der Waals surface area contributed by atoms with E-state index in [9.17, 15) is 0 Å². The van der Waals surface area contributed by atoms with Crippen LogP contribution in [-0.4, -0.2) is 49.3 Å². The molecule has 1 N–H and O–H groups in total. The van der Waals surface area contributed by atoms with Gasteiger partial charge in [0.25, 0.3) is 0 Å². The summed E-state index contributed by atoms with van der Waals surface area (Å²) in [4.78, 5) is 2.68. The summed E-state index contributed by atoms with van der Waals surface area (Å²) in [6.07, 6.45) is 9.88. The fraction of sp³-hybridized carbons (Fsp3) is 1.00. The molecule has 4 atom stereocenters. The van der Waals surface area contributed by atoms with Crippen molar-refractivity contribution in [3.05, 3.63) is 0 Å². The molecule has 3 heteroatoms. The molecular formula is C14H26N2O. The number of nitrogens with zero attached hydrogens (tertiary/aromatic N) is 1. The molecule has 0 aromatic heterocycles. The van der Waals surface area contributed by atoms with E-state index in [4.69, 9.17) is 4.74 Å². The number of methoxy groups -OCH3 is 1. The zero-order chi connectivity index (χ0) is 11.7. The highest BCUT2D eigenvalue weighted by Gasteiger charge is 2.39. The van der Waals surface area contributed by atoms with E-state index in [0.29, 0.717) is 12.1 Å². The molecule has 1 aliphatic carbocycles. The van der Waals surface area contributed by atoms with Gasteiger partial charge in [0.15, 0.2) is 0 Å². The molecule has 17 heavy (non-hydrogen) atoms. The van der Waals surface area contributed by atoms with E-state index < -0.39 is 0 Å². The fourth-order valence-corrected chi connectivity index (χ4v) is 4.12. The van der Waals surface area contributed by atoms with Gasteiger partial charge in [-0.1, -0.05) is 12.8 Å². The Morgan fingerprint density at radius 1 is 0.941 bits per heavy atom. The normalized spacial score (nSPS) is 42.9. The lowest BCUT2D eigenvalue weighted by atomic mass is 9.91. The lowest BCUT2D eigenvalue weighted by molar-refractivity contribution is 0.0363. The lowest BCUT2D eigenvalue weighted by Crippen LogP contribution is -2.51. The molecule has 2 saturated heterocycles. The largest absolute Gasteiger partial charge is 0.380 e. The van der Waals surface area contributed by atoms with Gasteiger partial charge in [-0.2, -0.15) is 0 Å². The molecule has 0 aromatic rings. The van der Waals surface area contributed by atoms with E-state index >= 15 is 0 Å². The molecule has 4 unspecified atom stereocenters. The number of nitrogens with one attached hydrogen (secondary N) is 1. The summed E-state index contributed by atoms with van der Waals surface area (Å²) in [7, 11) is 1.88. The highest BCUT2D eigenvalue weighted by molar-refractivity contribution is 4.98. The first-order valence-corrected chi connectivity index (χ1v) is 7.41. The van der Waals surface area contributed by atoms with E-state index in [1.807, 2.05) is 7.11 Å². The Balaban J connectivity index is 1.58. The first-order valence-electron chi connectivity index (χ1n) is 7.41. The van der Waals surface area contributed by atoms with Crippen molar-refractivity contribution in [1.82, 2.24) is 10.2 Å². The summed E-state index contributed by atoms with van der Waals surface area (Å²) in [6, 6.07) is 2.17. The average Bonchev–Trinajstić information content (AvgIpc) is 2.95. The number of hydrogen-bond acceptors (Lipinski definition) is 3. The van der Waals surface area contributed by atoms with Crippen molar-refractivity contribution < 1.29 is 4.74 Å². The van der Waals surface area contributed by atoms with Crippen LogP contribution in [0.25, 0.3) is 0 Å². The van der Waals surface area contributed by atoms with Gasteiger partial charge in [-0.05, 0) is 38.6 Å². The molecule has 0 amide bonds. The predicted octanol–water partition coefficient (Wildman–Crippen LogP) is 1.77. The maximum atomic E-state index is 5.65. The molecule has 3 aliphatic rings. The smallest absolute Gasteiger partial charge is 0.0724 e. The van der Waals surface area contributed by atoms with Crippen LogP contribution in [0.3, 0.4) is 0 Å². The average molecular weight is 238 g/mol. The molecule has 3 rings (SSSR count). The minimum Gasteiger partial charge on any atom is -0.380 e. The second kappa shape index (κ2) is 5.25. The van der Waals surface area contributed by atoms with Gasteiger partial charge in [0.05, 0.1) is 6.10 Å². The van der Waals surface area contributed by atoms with Crippen LogP contribution in [0, 0.1) is 0 Å². The lowest BCUT2D eigenvalue weighted by Gasteiger charge is -2.35. The van der Waals surface area contributed by atoms with E-state index in [1.165, 1.54) is 58.0 Å². The number of ether oxygens (including phenoxy) is 1. The van der Waals surface area contributed by atoms with Gasteiger partial charge in [-0.15, -0.1) is 0 Å². The van der Waals surface area contributed by atoms with Crippen LogP contribution in [-0.2, 0) is 4.74 Å². The Morgan fingerprint density at radius 3 is 2.71 bits per heavy atom. The van der Waals surface area contributed by atoms with Gasteiger partial charge >= 0.3 is 0 Å². The van der Waals surface area contributed by atoms with Gasteiger partial charge in [0, 0.05) is 31.8 Å². The summed E-state index contributed by atoms with van der Waals surface area (Å²) in [5, 5.41) is 3.92. The molecule has 0 bridgehead atoms.